The minimum Gasteiger partial charge on any atom is -0.394 e. The van der Waals surface area contributed by atoms with E-state index in [2.05, 4.69) is 24.7 Å². The van der Waals surface area contributed by atoms with E-state index >= 15 is 0 Å². The molecule has 1 aliphatic heterocycles. The average Bonchev–Trinajstić information content (AvgIpc) is 2.97. The van der Waals surface area contributed by atoms with E-state index in [1.54, 1.807) is 0 Å². The minimum absolute atomic E-state index is 0.200. The number of rotatable bonds is 1. The Labute approximate surface area is 113 Å². The summed E-state index contributed by atoms with van der Waals surface area (Å²) in [6.07, 6.45) is 0.893. The quantitative estimate of drug-likeness (QED) is 0.519. The molecule has 19 heavy (non-hydrogen) atoms. The van der Waals surface area contributed by atoms with Crippen LogP contribution in [0.25, 0.3) is 11.2 Å². The van der Waals surface area contributed by atoms with Gasteiger partial charge in [-0.25, -0.2) is 15.0 Å². The lowest BCUT2D eigenvalue weighted by molar-refractivity contribution is -0.107. The highest BCUT2D eigenvalue weighted by molar-refractivity contribution is 6.33. The maximum absolute atomic E-state index is 8.91. The largest absolute Gasteiger partial charge is 0.394 e. The zero-order chi connectivity index (χ0) is 13.8. The van der Waals surface area contributed by atoms with Crippen LogP contribution in [-0.4, -0.2) is 60.4 Å². The summed E-state index contributed by atoms with van der Waals surface area (Å²) in [5.41, 5.74) is 1.28. The Hall–Kier alpha value is -1.32. The smallest absolute Gasteiger partial charge is 0.182 e. The lowest BCUT2D eigenvalue weighted by Gasteiger charge is -2.08. The van der Waals surface area contributed by atoms with E-state index in [0.717, 1.165) is 0 Å². The first-order valence-electron chi connectivity index (χ1n) is 5.54. The predicted molar refractivity (Wildman–Crippen MR) is 65.3 cm³/mol. The first kappa shape index (κ1) is 14.1. The average molecular weight is 289 g/mol. The molecule has 104 valence electrons. The van der Waals surface area contributed by atoms with Gasteiger partial charge in [-0.1, -0.05) is 11.6 Å². The van der Waals surface area contributed by atoms with Crippen molar-refractivity contribution in [1.29, 1.82) is 0 Å². The SMILES string of the molecule is Clc1ncnc2nc[nH]c12.OC[C@H]1OC(O)C[C@@H]1O. The second-order valence-electron chi connectivity index (χ2n) is 3.88. The molecule has 1 saturated heterocycles. The van der Waals surface area contributed by atoms with Gasteiger partial charge in [0.05, 0.1) is 19.0 Å². The van der Waals surface area contributed by atoms with Crippen molar-refractivity contribution in [2.75, 3.05) is 6.61 Å². The van der Waals surface area contributed by atoms with Crippen LogP contribution in [0, 0.1) is 0 Å². The van der Waals surface area contributed by atoms with Crippen LogP contribution in [0.1, 0.15) is 6.42 Å². The highest BCUT2D eigenvalue weighted by Crippen LogP contribution is 2.17. The molecule has 9 heteroatoms. The fraction of sp³-hybridized carbons (Fsp3) is 0.500. The highest BCUT2D eigenvalue weighted by atomic mass is 35.5. The summed E-state index contributed by atoms with van der Waals surface area (Å²) in [7, 11) is 0. The summed E-state index contributed by atoms with van der Waals surface area (Å²) in [6.45, 7) is -0.238. The molecule has 8 nitrogen and oxygen atoms in total. The Morgan fingerprint density at radius 3 is 2.68 bits per heavy atom. The van der Waals surface area contributed by atoms with Crippen molar-refractivity contribution in [3.05, 3.63) is 17.8 Å². The van der Waals surface area contributed by atoms with E-state index in [1.165, 1.54) is 12.7 Å². The van der Waals surface area contributed by atoms with Crippen LogP contribution in [0.2, 0.25) is 5.15 Å². The highest BCUT2D eigenvalue weighted by Gasteiger charge is 2.31. The maximum Gasteiger partial charge on any atom is 0.182 e. The lowest BCUT2D eigenvalue weighted by Crippen LogP contribution is -2.24. The lowest BCUT2D eigenvalue weighted by atomic mass is 10.2. The number of aromatic nitrogens is 4. The summed E-state index contributed by atoms with van der Waals surface area (Å²) < 4.78 is 4.68. The Morgan fingerprint density at radius 1 is 1.37 bits per heavy atom. The van der Waals surface area contributed by atoms with Gasteiger partial charge in [-0.3, -0.25) is 0 Å². The van der Waals surface area contributed by atoms with Crippen LogP contribution in [0.5, 0.6) is 0 Å². The number of imidazole rings is 1. The fourth-order valence-electron chi connectivity index (χ4n) is 1.61. The van der Waals surface area contributed by atoms with Crippen molar-refractivity contribution < 1.29 is 20.1 Å². The van der Waals surface area contributed by atoms with Gasteiger partial charge < -0.3 is 25.0 Å². The maximum atomic E-state index is 8.91. The van der Waals surface area contributed by atoms with Crippen LogP contribution in [0.15, 0.2) is 12.7 Å². The summed E-state index contributed by atoms with van der Waals surface area (Å²) in [4.78, 5) is 14.3. The molecular formula is C10H13ClN4O4. The minimum atomic E-state index is -0.905. The van der Waals surface area contributed by atoms with Crippen molar-refractivity contribution in [2.45, 2.75) is 24.9 Å². The number of aliphatic hydroxyl groups is 3. The van der Waals surface area contributed by atoms with Crippen LogP contribution in [0.4, 0.5) is 0 Å². The van der Waals surface area contributed by atoms with Crippen molar-refractivity contribution in [3.63, 3.8) is 0 Å². The number of ether oxygens (including phenoxy) is 1. The van der Waals surface area contributed by atoms with E-state index in [4.69, 9.17) is 26.9 Å². The molecule has 1 unspecified atom stereocenters. The summed E-state index contributed by atoms with van der Waals surface area (Å²) in [5.74, 6) is 0. The molecule has 3 heterocycles. The molecule has 0 aromatic carbocycles. The molecule has 3 atom stereocenters. The van der Waals surface area contributed by atoms with Gasteiger partial charge in [0.2, 0.25) is 0 Å². The first-order chi connectivity index (χ1) is 9.11. The Morgan fingerprint density at radius 2 is 2.16 bits per heavy atom. The third-order valence-corrected chi connectivity index (χ3v) is 2.85. The molecule has 0 amide bonds. The van der Waals surface area contributed by atoms with Crippen LogP contribution < -0.4 is 0 Å². The number of hydrogen-bond acceptors (Lipinski definition) is 7. The zero-order valence-corrected chi connectivity index (χ0v) is 10.5. The van der Waals surface area contributed by atoms with Crippen LogP contribution in [0.3, 0.4) is 0 Å². The number of nitrogens with one attached hydrogen (secondary N) is 1. The number of aliphatic hydroxyl groups excluding tert-OH is 3. The molecule has 0 aliphatic carbocycles. The van der Waals surface area contributed by atoms with E-state index in [0.29, 0.717) is 16.3 Å². The van der Waals surface area contributed by atoms with Gasteiger partial charge in [-0.2, -0.15) is 0 Å². The molecule has 4 N–H and O–H groups in total. The molecule has 0 radical (unpaired) electrons. The summed E-state index contributed by atoms with van der Waals surface area (Å²) >= 11 is 5.68. The van der Waals surface area contributed by atoms with Crippen LogP contribution in [-0.2, 0) is 4.74 Å². The Balaban J connectivity index is 0.000000141. The first-order valence-corrected chi connectivity index (χ1v) is 5.91. The standard InChI is InChI=1S/C5H3ClN4.C5H10O4/c6-4-3-5(9-1-7-3)10-2-8-4;6-2-4-3(7)1-5(8)9-4/h1-2H,(H,7,8,9,10);3-8H,1-2H2/t;3-,4+,5?/m.0/s1. The number of hydrogen-bond donors (Lipinski definition) is 4. The number of fused-ring (bicyclic) bond motifs is 1. The molecule has 1 fully saturated rings. The Kier molecular flexibility index (Phi) is 4.61. The summed E-state index contributed by atoms with van der Waals surface area (Å²) in [6, 6.07) is 0. The topological polar surface area (TPSA) is 124 Å². The molecule has 2 aromatic heterocycles. The predicted octanol–water partition coefficient (Wildman–Crippen LogP) is -0.547. The van der Waals surface area contributed by atoms with Gasteiger partial charge >= 0.3 is 0 Å². The van der Waals surface area contributed by atoms with Crippen molar-refractivity contribution in [1.82, 2.24) is 19.9 Å². The van der Waals surface area contributed by atoms with Gasteiger partial charge in [0.15, 0.2) is 17.1 Å². The fourth-order valence-corrected chi connectivity index (χ4v) is 1.79. The van der Waals surface area contributed by atoms with Gasteiger partial charge in [-0.15, -0.1) is 0 Å². The van der Waals surface area contributed by atoms with Crippen molar-refractivity contribution in [3.8, 4) is 0 Å². The monoisotopic (exact) mass is 288 g/mol. The number of nitrogens with zero attached hydrogens (tertiary/aromatic N) is 3. The van der Waals surface area contributed by atoms with Gasteiger partial charge in [0, 0.05) is 6.42 Å². The number of aromatic amines is 1. The molecule has 0 spiro atoms. The third kappa shape index (κ3) is 3.37. The zero-order valence-electron chi connectivity index (χ0n) is 9.77. The van der Waals surface area contributed by atoms with E-state index in [1.807, 2.05) is 0 Å². The van der Waals surface area contributed by atoms with Crippen molar-refractivity contribution >= 4 is 22.8 Å². The molecule has 3 rings (SSSR count). The van der Waals surface area contributed by atoms with Gasteiger partial charge in [0.1, 0.15) is 17.9 Å². The number of halogens is 1. The Bertz CT molecular complexity index is 537. The van der Waals surface area contributed by atoms with Gasteiger partial charge in [0.25, 0.3) is 0 Å². The van der Waals surface area contributed by atoms with Crippen molar-refractivity contribution in [2.24, 2.45) is 0 Å². The van der Waals surface area contributed by atoms with E-state index < -0.39 is 18.5 Å². The summed E-state index contributed by atoms with van der Waals surface area (Å²) in [5, 5.41) is 26.5. The second-order valence-corrected chi connectivity index (χ2v) is 4.24. The number of H-pyrrole nitrogens is 1. The molecule has 2 aromatic rings. The normalized spacial score (nSPS) is 26.2. The van der Waals surface area contributed by atoms with Crippen LogP contribution >= 0.6 is 11.6 Å². The van der Waals surface area contributed by atoms with E-state index in [-0.39, 0.29) is 13.0 Å². The molecule has 0 saturated carbocycles. The molecular weight excluding hydrogens is 276 g/mol. The second kappa shape index (κ2) is 6.22. The van der Waals surface area contributed by atoms with Gasteiger partial charge in [-0.05, 0) is 0 Å². The molecule has 1 aliphatic rings. The molecule has 0 bridgehead atoms. The van der Waals surface area contributed by atoms with E-state index in [9.17, 15) is 0 Å². The third-order valence-electron chi connectivity index (χ3n) is 2.56.